The third-order valence-corrected chi connectivity index (χ3v) is 3.66. The lowest BCUT2D eigenvalue weighted by Crippen LogP contribution is -2.03. The molecule has 0 amide bonds. The number of hydrogen-bond acceptors (Lipinski definition) is 12. The normalized spacial score (nSPS) is 11.3. The van der Waals surface area contributed by atoms with E-state index in [0.29, 0.717) is 13.2 Å². The van der Waals surface area contributed by atoms with E-state index in [9.17, 15) is 0 Å². The highest BCUT2D eigenvalue weighted by Crippen LogP contribution is 2.12. The van der Waals surface area contributed by atoms with Crippen molar-refractivity contribution < 1.29 is 60.6 Å². The van der Waals surface area contributed by atoms with Crippen molar-refractivity contribution >= 4 is 0 Å². The molecule has 0 aromatic heterocycles. The molecule has 0 aliphatic rings. The van der Waals surface area contributed by atoms with Gasteiger partial charge >= 0.3 is 0 Å². The van der Waals surface area contributed by atoms with Gasteiger partial charge in [-0.25, -0.2) is 10.1 Å². The molecule has 0 radical (unpaired) electrons. The van der Waals surface area contributed by atoms with Crippen LogP contribution in [0.3, 0.4) is 0 Å². The number of aliphatic hydroxyl groups excluding tert-OH is 1. The Kier molecular flexibility index (Phi) is 25.1. The van der Waals surface area contributed by atoms with Crippen molar-refractivity contribution in [2.75, 3.05) is 13.2 Å². The third kappa shape index (κ3) is 25.5. The summed E-state index contributed by atoms with van der Waals surface area (Å²) in [5.74, 6) is 0. The summed E-state index contributed by atoms with van der Waals surface area (Å²) in [6, 6.07) is 0. The standard InChI is InChI=1S/C15H32O12/c16-14-12-10-8-6-4-2-1-3-5-7-9-11-13-15-18-20-22-24-26-27-25-23-21-19-17/h16-17H,1-15H2. The fourth-order valence-corrected chi connectivity index (χ4v) is 2.35. The van der Waals surface area contributed by atoms with E-state index in [1.165, 1.54) is 51.4 Å². The van der Waals surface area contributed by atoms with Crippen molar-refractivity contribution in [1.29, 1.82) is 0 Å². The van der Waals surface area contributed by atoms with E-state index in [1.54, 1.807) is 0 Å². The molecule has 0 bridgehead atoms. The summed E-state index contributed by atoms with van der Waals surface area (Å²) in [6.07, 6.45) is 15.3. The smallest absolute Gasteiger partial charge is 0.0855 e. The maximum atomic E-state index is 8.69. The Morgan fingerprint density at radius 2 is 0.778 bits per heavy atom. The van der Waals surface area contributed by atoms with Gasteiger partial charge in [-0.15, -0.1) is 0 Å². The van der Waals surface area contributed by atoms with Crippen LogP contribution in [0.5, 0.6) is 0 Å². The van der Waals surface area contributed by atoms with Gasteiger partial charge in [0, 0.05) is 6.61 Å². The van der Waals surface area contributed by atoms with Gasteiger partial charge in [0.15, 0.2) is 0 Å². The Bertz CT molecular complexity index is 235. The van der Waals surface area contributed by atoms with Crippen molar-refractivity contribution in [3.63, 3.8) is 0 Å². The van der Waals surface area contributed by atoms with Gasteiger partial charge in [-0.2, -0.15) is 0 Å². The topological polar surface area (TPSA) is 133 Å². The van der Waals surface area contributed by atoms with Gasteiger partial charge in [0.1, 0.15) is 0 Å². The van der Waals surface area contributed by atoms with Gasteiger partial charge < -0.3 is 5.11 Å². The van der Waals surface area contributed by atoms with E-state index in [1.807, 2.05) is 0 Å². The molecule has 0 rings (SSSR count). The molecule has 0 heterocycles. The Balaban J connectivity index is 2.95. The van der Waals surface area contributed by atoms with Crippen LogP contribution in [-0.4, -0.2) is 23.6 Å². The van der Waals surface area contributed by atoms with Crippen LogP contribution in [0.1, 0.15) is 83.5 Å². The Hall–Kier alpha value is -0.480. The molecule has 164 valence electrons. The molecule has 0 fully saturated rings. The second kappa shape index (κ2) is 25.5. The molecule has 0 saturated heterocycles. The molecular weight excluding hydrogens is 372 g/mol. The summed E-state index contributed by atoms with van der Waals surface area (Å²) < 4.78 is 0. The van der Waals surface area contributed by atoms with Crippen LogP contribution in [0.15, 0.2) is 0 Å². The summed E-state index contributed by atoms with van der Waals surface area (Å²) >= 11 is 0. The van der Waals surface area contributed by atoms with E-state index >= 15 is 0 Å². The van der Waals surface area contributed by atoms with E-state index < -0.39 is 0 Å². The van der Waals surface area contributed by atoms with Crippen molar-refractivity contribution in [2.45, 2.75) is 83.5 Å². The van der Waals surface area contributed by atoms with Gasteiger partial charge in [0.25, 0.3) is 0 Å². The molecule has 2 N–H and O–H groups in total. The molecule has 0 aromatic carbocycles. The number of hydrogen-bond donors (Lipinski definition) is 2. The minimum absolute atomic E-state index is 0.318. The summed E-state index contributed by atoms with van der Waals surface area (Å²) in [4.78, 5) is 4.64. The first-order valence-corrected chi connectivity index (χ1v) is 9.29. The third-order valence-electron chi connectivity index (χ3n) is 3.66. The molecule has 0 spiro atoms. The quantitative estimate of drug-likeness (QED) is 0.137. The fourth-order valence-electron chi connectivity index (χ4n) is 2.35. The molecule has 0 aliphatic carbocycles. The molecule has 0 aromatic rings. The van der Waals surface area contributed by atoms with Gasteiger partial charge in [-0.05, 0) is 58.2 Å². The summed E-state index contributed by atoms with van der Waals surface area (Å²) in [5.41, 5.74) is 0. The lowest BCUT2D eigenvalue weighted by atomic mass is 10.0. The SMILES string of the molecule is OCCCCCCCCCCCCCCCOOOOOOOOOOO. The zero-order chi connectivity index (χ0) is 19.7. The first kappa shape index (κ1) is 26.5. The minimum atomic E-state index is 0.318. The van der Waals surface area contributed by atoms with Crippen molar-refractivity contribution in [3.05, 3.63) is 0 Å². The van der Waals surface area contributed by atoms with Crippen molar-refractivity contribution in [3.8, 4) is 0 Å². The first-order valence-electron chi connectivity index (χ1n) is 9.29. The number of unbranched alkanes of at least 4 members (excludes halogenated alkanes) is 12. The van der Waals surface area contributed by atoms with Gasteiger partial charge in [-0.3, -0.25) is 0 Å². The molecule has 0 unspecified atom stereocenters. The van der Waals surface area contributed by atoms with Crippen LogP contribution < -0.4 is 0 Å². The second-order valence-electron chi connectivity index (χ2n) is 5.76. The molecule has 0 atom stereocenters. The van der Waals surface area contributed by atoms with E-state index in [4.69, 9.17) is 10.4 Å². The van der Waals surface area contributed by atoms with E-state index in [2.05, 4.69) is 50.2 Å². The fraction of sp³-hybridized carbons (Fsp3) is 1.00. The van der Waals surface area contributed by atoms with Crippen LogP contribution in [0.4, 0.5) is 0 Å². The Labute approximate surface area is 158 Å². The summed E-state index contributed by atoms with van der Waals surface area (Å²) in [5, 5.41) is 48.9. The van der Waals surface area contributed by atoms with E-state index in [-0.39, 0.29) is 0 Å². The maximum absolute atomic E-state index is 8.69. The summed E-state index contributed by atoms with van der Waals surface area (Å²) in [6.45, 7) is 0.653. The molecule has 27 heavy (non-hydrogen) atoms. The van der Waals surface area contributed by atoms with Gasteiger partial charge in [0.05, 0.1) is 6.61 Å². The van der Waals surface area contributed by atoms with Crippen molar-refractivity contribution in [2.24, 2.45) is 0 Å². The highest BCUT2D eigenvalue weighted by atomic mass is 17.9. The molecular formula is C15H32O12. The predicted octanol–water partition coefficient (Wildman–Crippen LogP) is 3.92. The largest absolute Gasteiger partial charge is 0.396 e. The van der Waals surface area contributed by atoms with Crippen molar-refractivity contribution in [1.82, 2.24) is 0 Å². The van der Waals surface area contributed by atoms with Crippen LogP contribution in [0, 0.1) is 0 Å². The lowest BCUT2D eigenvalue weighted by molar-refractivity contribution is -0.854. The lowest BCUT2D eigenvalue weighted by Gasteiger charge is -2.03. The monoisotopic (exact) mass is 404 g/mol. The zero-order valence-corrected chi connectivity index (χ0v) is 15.6. The highest BCUT2D eigenvalue weighted by molar-refractivity contribution is 4.49. The van der Waals surface area contributed by atoms with E-state index in [0.717, 1.165) is 32.1 Å². The maximum Gasteiger partial charge on any atom is 0.0855 e. The highest BCUT2D eigenvalue weighted by Gasteiger charge is 1.97. The molecule has 0 aliphatic heterocycles. The van der Waals surface area contributed by atoms with Crippen LogP contribution in [0.2, 0.25) is 0 Å². The van der Waals surface area contributed by atoms with Crippen LogP contribution >= 0.6 is 0 Å². The molecule has 0 saturated carbocycles. The predicted molar refractivity (Wildman–Crippen MR) is 85.5 cm³/mol. The average Bonchev–Trinajstić information content (AvgIpc) is 2.68. The minimum Gasteiger partial charge on any atom is -0.396 e. The molecule has 12 nitrogen and oxygen atoms in total. The zero-order valence-electron chi connectivity index (χ0n) is 15.6. The Morgan fingerprint density at radius 3 is 1.22 bits per heavy atom. The first-order chi connectivity index (χ1) is 13.4. The Morgan fingerprint density at radius 1 is 0.407 bits per heavy atom. The second-order valence-corrected chi connectivity index (χ2v) is 5.76. The number of aliphatic hydroxyl groups is 1. The summed E-state index contributed by atoms with van der Waals surface area (Å²) in [7, 11) is 0. The van der Waals surface area contributed by atoms with Crippen LogP contribution in [0.25, 0.3) is 0 Å². The van der Waals surface area contributed by atoms with Gasteiger partial charge in [0.2, 0.25) is 0 Å². The number of rotatable bonds is 24. The van der Waals surface area contributed by atoms with Gasteiger partial charge in [-0.1, -0.05) is 70.6 Å². The average molecular weight is 404 g/mol. The molecule has 12 heteroatoms. The van der Waals surface area contributed by atoms with Crippen LogP contribution in [-0.2, 0) is 50.2 Å².